The van der Waals surface area contributed by atoms with E-state index in [1.165, 1.54) is 11.3 Å². The van der Waals surface area contributed by atoms with Crippen LogP contribution in [-0.2, 0) is 16.1 Å². The van der Waals surface area contributed by atoms with Crippen LogP contribution in [0.3, 0.4) is 0 Å². The van der Waals surface area contributed by atoms with E-state index in [2.05, 4.69) is 4.98 Å². The van der Waals surface area contributed by atoms with Crippen molar-refractivity contribution in [2.75, 3.05) is 6.54 Å². The van der Waals surface area contributed by atoms with Gasteiger partial charge >= 0.3 is 0 Å². The molecule has 3 aromatic rings. The number of carbonyl (C=O) groups excluding carboxylic acids is 2. The van der Waals surface area contributed by atoms with Crippen LogP contribution in [0.2, 0.25) is 0 Å². The number of amides is 1. The molecule has 1 fully saturated rings. The zero-order chi connectivity index (χ0) is 20.4. The van der Waals surface area contributed by atoms with Gasteiger partial charge in [0.25, 0.3) is 11.7 Å². The number of hydrogen-bond acceptors (Lipinski definition) is 5. The van der Waals surface area contributed by atoms with E-state index in [0.29, 0.717) is 25.1 Å². The number of hydrogen-bond donors (Lipinski definition) is 1. The van der Waals surface area contributed by atoms with Gasteiger partial charge in [0.2, 0.25) is 0 Å². The normalized spacial score (nSPS) is 18.5. The molecule has 29 heavy (non-hydrogen) atoms. The van der Waals surface area contributed by atoms with Crippen molar-refractivity contribution in [2.24, 2.45) is 0 Å². The number of aryl methyl sites for hydroxylation is 2. The molecule has 0 radical (unpaired) electrons. The topological polar surface area (TPSA) is 75.4 Å². The summed E-state index contributed by atoms with van der Waals surface area (Å²) in [4.78, 5) is 32.2. The highest BCUT2D eigenvalue weighted by Crippen LogP contribution is 2.41. The molecule has 148 valence electrons. The van der Waals surface area contributed by atoms with E-state index >= 15 is 0 Å². The minimum absolute atomic E-state index is 0.126. The highest BCUT2D eigenvalue weighted by atomic mass is 32.1. The molecule has 7 heteroatoms. The summed E-state index contributed by atoms with van der Waals surface area (Å²) in [5.41, 5.74) is 1.74. The summed E-state index contributed by atoms with van der Waals surface area (Å²) in [6.45, 7) is 3.06. The van der Waals surface area contributed by atoms with Crippen LogP contribution in [0.15, 0.2) is 66.1 Å². The second-order valence-electron chi connectivity index (χ2n) is 7.03. The van der Waals surface area contributed by atoms with Gasteiger partial charge in [0.05, 0.1) is 17.9 Å². The molecular formula is C22H21N3O3S. The molecule has 1 atom stereocenters. The Bertz CT molecular complexity index is 1040. The minimum atomic E-state index is -0.635. The van der Waals surface area contributed by atoms with Crippen LogP contribution in [0, 0.1) is 6.92 Å². The lowest BCUT2D eigenvalue weighted by molar-refractivity contribution is -0.139. The average molecular weight is 407 g/mol. The molecule has 0 aliphatic carbocycles. The number of thiophene rings is 1. The summed E-state index contributed by atoms with van der Waals surface area (Å²) in [7, 11) is 0. The Labute approximate surface area is 172 Å². The number of nitrogens with zero attached hydrogens (tertiary/aromatic N) is 3. The zero-order valence-corrected chi connectivity index (χ0v) is 16.8. The van der Waals surface area contributed by atoms with Gasteiger partial charge in [-0.3, -0.25) is 9.59 Å². The maximum absolute atomic E-state index is 12.9. The van der Waals surface area contributed by atoms with Gasteiger partial charge in [-0.2, -0.15) is 0 Å². The highest BCUT2D eigenvalue weighted by Gasteiger charge is 2.46. The lowest BCUT2D eigenvalue weighted by Gasteiger charge is -2.24. The number of rotatable bonds is 6. The maximum Gasteiger partial charge on any atom is 0.295 e. The number of imidazole rings is 1. The number of benzene rings is 1. The monoisotopic (exact) mass is 407 g/mol. The highest BCUT2D eigenvalue weighted by molar-refractivity contribution is 7.10. The lowest BCUT2D eigenvalue weighted by Crippen LogP contribution is -2.31. The van der Waals surface area contributed by atoms with Crippen molar-refractivity contribution < 1.29 is 14.7 Å². The molecule has 0 unspecified atom stereocenters. The van der Waals surface area contributed by atoms with Gasteiger partial charge in [-0.25, -0.2) is 4.98 Å². The Hall–Kier alpha value is -3.19. The van der Waals surface area contributed by atoms with Gasteiger partial charge in [-0.05, 0) is 24.8 Å². The molecule has 3 heterocycles. The Morgan fingerprint density at radius 2 is 1.97 bits per heavy atom. The fraction of sp³-hybridized carbons (Fsp3) is 0.227. The Balaban J connectivity index is 1.68. The van der Waals surface area contributed by atoms with Crippen LogP contribution in [0.1, 0.15) is 28.5 Å². The summed E-state index contributed by atoms with van der Waals surface area (Å²) in [5, 5.41) is 12.8. The van der Waals surface area contributed by atoms with Crippen molar-refractivity contribution in [3.8, 4) is 0 Å². The van der Waals surface area contributed by atoms with E-state index in [1.54, 1.807) is 29.6 Å². The van der Waals surface area contributed by atoms with E-state index in [-0.39, 0.29) is 11.3 Å². The number of ketones is 1. The number of carbonyl (C=O) groups is 2. The predicted octanol–water partition coefficient (Wildman–Crippen LogP) is 3.77. The van der Waals surface area contributed by atoms with E-state index < -0.39 is 17.7 Å². The van der Waals surface area contributed by atoms with Crippen molar-refractivity contribution >= 4 is 28.8 Å². The number of aromatic nitrogens is 2. The molecule has 1 N–H and O–H groups in total. The van der Waals surface area contributed by atoms with E-state index in [1.807, 2.05) is 47.3 Å². The summed E-state index contributed by atoms with van der Waals surface area (Å²) in [6.07, 6.45) is 5.97. The van der Waals surface area contributed by atoms with Gasteiger partial charge in [-0.15, -0.1) is 11.3 Å². The quantitative estimate of drug-likeness (QED) is 0.383. The first kappa shape index (κ1) is 19.1. The second kappa shape index (κ2) is 8.05. The summed E-state index contributed by atoms with van der Waals surface area (Å²) in [5.74, 6) is -1.33. The molecule has 1 aliphatic heterocycles. The van der Waals surface area contributed by atoms with Crippen LogP contribution in [-0.4, -0.2) is 37.8 Å². The number of likely N-dealkylation sites (tertiary alicyclic amines) is 1. The van der Waals surface area contributed by atoms with Crippen molar-refractivity contribution in [2.45, 2.75) is 25.9 Å². The predicted molar refractivity (Wildman–Crippen MR) is 111 cm³/mol. The zero-order valence-electron chi connectivity index (χ0n) is 16.0. The number of aliphatic hydroxyl groups is 1. The molecular weight excluding hydrogens is 386 g/mol. The first-order chi connectivity index (χ1) is 14.1. The second-order valence-corrected chi connectivity index (χ2v) is 8.01. The van der Waals surface area contributed by atoms with Crippen LogP contribution in [0.4, 0.5) is 0 Å². The van der Waals surface area contributed by atoms with Crippen LogP contribution < -0.4 is 0 Å². The standard InChI is InChI=1S/C22H21N3O3S/c1-15-5-7-16(8-6-15)20(26)18-19(17-4-2-13-29-17)25(22(28)21(18)27)11-3-10-24-12-9-23-14-24/h2,4-9,12-14,19,26H,3,10-11H2,1H3/b20-18+/t19-/m1/s1. The third-order valence-electron chi connectivity index (χ3n) is 5.05. The maximum atomic E-state index is 12.9. The third-order valence-corrected chi connectivity index (χ3v) is 5.98. The van der Waals surface area contributed by atoms with E-state index in [0.717, 1.165) is 10.4 Å². The van der Waals surface area contributed by atoms with Crippen LogP contribution >= 0.6 is 11.3 Å². The fourth-order valence-corrected chi connectivity index (χ4v) is 4.41. The summed E-state index contributed by atoms with van der Waals surface area (Å²) in [6, 6.07) is 10.5. The van der Waals surface area contributed by atoms with Gasteiger partial charge in [0.15, 0.2) is 0 Å². The largest absolute Gasteiger partial charge is 0.507 e. The van der Waals surface area contributed by atoms with Crippen molar-refractivity contribution in [3.05, 3.63) is 82.1 Å². The number of aliphatic hydroxyl groups excluding tert-OH is 1. The van der Waals surface area contributed by atoms with Gasteiger partial charge < -0.3 is 14.6 Å². The lowest BCUT2D eigenvalue weighted by atomic mass is 9.99. The molecule has 0 bridgehead atoms. The Kier molecular flexibility index (Phi) is 5.31. The van der Waals surface area contributed by atoms with Crippen LogP contribution in [0.5, 0.6) is 0 Å². The first-order valence-corrected chi connectivity index (χ1v) is 10.3. The van der Waals surface area contributed by atoms with Gasteiger partial charge in [-0.1, -0.05) is 35.9 Å². The van der Waals surface area contributed by atoms with Crippen molar-refractivity contribution in [1.82, 2.24) is 14.5 Å². The van der Waals surface area contributed by atoms with Crippen molar-refractivity contribution in [1.29, 1.82) is 0 Å². The van der Waals surface area contributed by atoms with Gasteiger partial charge in [0, 0.05) is 35.9 Å². The first-order valence-electron chi connectivity index (χ1n) is 9.41. The SMILES string of the molecule is Cc1ccc(/C(O)=C2\C(=O)C(=O)N(CCCn3ccnc3)[C@@H]2c2cccs2)cc1. The molecule has 0 spiro atoms. The fourth-order valence-electron chi connectivity index (χ4n) is 3.56. The molecule has 1 amide bonds. The summed E-state index contributed by atoms with van der Waals surface area (Å²) >= 11 is 1.47. The van der Waals surface area contributed by atoms with Gasteiger partial charge in [0.1, 0.15) is 5.76 Å². The summed E-state index contributed by atoms with van der Waals surface area (Å²) < 4.78 is 1.93. The van der Waals surface area contributed by atoms with Crippen molar-refractivity contribution in [3.63, 3.8) is 0 Å². The minimum Gasteiger partial charge on any atom is -0.507 e. The molecule has 1 saturated heterocycles. The molecule has 4 rings (SSSR count). The molecule has 6 nitrogen and oxygen atoms in total. The molecule has 0 saturated carbocycles. The third kappa shape index (κ3) is 3.73. The van der Waals surface area contributed by atoms with Crippen LogP contribution in [0.25, 0.3) is 5.76 Å². The van der Waals surface area contributed by atoms with E-state index in [9.17, 15) is 14.7 Å². The number of Topliss-reactive ketones (excluding diaryl/α,β-unsaturated/α-hetero) is 1. The Morgan fingerprint density at radius 3 is 2.62 bits per heavy atom. The molecule has 1 aliphatic rings. The molecule has 2 aromatic heterocycles. The average Bonchev–Trinajstić information content (AvgIpc) is 3.46. The Morgan fingerprint density at radius 1 is 1.17 bits per heavy atom. The molecule has 1 aromatic carbocycles. The van der Waals surface area contributed by atoms with E-state index in [4.69, 9.17) is 0 Å². The smallest absolute Gasteiger partial charge is 0.295 e.